The van der Waals surface area contributed by atoms with Gasteiger partial charge < -0.3 is 20.4 Å². The number of thiazole rings is 1. The molecule has 0 fully saturated rings. The molecule has 0 saturated carbocycles. The van der Waals surface area contributed by atoms with Gasteiger partial charge in [-0.05, 0) is 31.5 Å². The van der Waals surface area contributed by atoms with Gasteiger partial charge in [0.25, 0.3) is 0 Å². The van der Waals surface area contributed by atoms with Gasteiger partial charge in [0.05, 0.1) is 22.2 Å². The van der Waals surface area contributed by atoms with Crippen LogP contribution in [-0.2, 0) is 11.8 Å². The van der Waals surface area contributed by atoms with E-state index in [-0.39, 0.29) is 18.6 Å². The minimum atomic E-state index is -0.593. The molecule has 3 aromatic rings. The van der Waals surface area contributed by atoms with Gasteiger partial charge in [-0.3, -0.25) is 5.32 Å². The predicted molar refractivity (Wildman–Crippen MR) is 114 cm³/mol. The third-order valence-electron chi connectivity index (χ3n) is 4.79. The van der Waals surface area contributed by atoms with Gasteiger partial charge in [-0.2, -0.15) is 10.1 Å². The first kappa shape index (κ1) is 20.2. The Balaban J connectivity index is 1.30. The van der Waals surface area contributed by atoms with Crippen LogP contribution in [0.1, 0.15) is 37.0 Å². The molecule has 0 saturated heterocycles. The number of aliphatic hydroxyl groups excluding tert-OH is 1. The summed E-state index contributed by atoms with van der Waals surface area (Å²) in [6.07, 6.45) is 2.31. The zero-order chi connectivity index (χ0) is 21.1. The van der Waals surface area contributed by atoms with Crippen molar-refractivity contribution in [3.63, 3.8) is 0 Å². The number of amides is 2. The maximum absolute atomic E-state index is 12.2. The third kappa shape index (κ3) is 4.41. The third-order valence-corrected chi connectivity index (χ3v) is 5.73. The highest BCUT2D eigenvalue weighted by Crippen LogP contribution is 2.29. The van der Waals surface area contributed by atoms with Crippen LogP contribution in [0.5, 0.6) is 0 Å². The second kappa shape index (κ2) is 8.36. The first-order chi connectivity index (χ1) is 14.4. The van der Waals surface area contributed by atoms with Gasteiger partial charge >= 0.3 is 6.03 Å². The topological polar surface area (TPSA) is 138 Å². The molecule has 4 N–H and O–H groups in total. The van der Waals surface area contributed by atoms with Crippen LogP contribution in [0.4, 0.5) is 9.93 Å². The molecule has 0 spiro atoms. The monoisotopic (exact) mass is 429 g/mol. The molecule has 0 radical (unpaired) electrons. The lowest BCUT2D eigenvalue weighted by molar-refractivity contribution is 0.182. The Morgan fingerprint density at radius 1 is 1.40 bits per heavy atom. The summed E-state index contributed by atoms with van der Waals surface area (Å²) in [6, 6.07) is 5.73. The molecule has 158 valence electrons. The minimum absolute atomic E-state index is 0.0932. The molecule has 1 aliphatic rings. The number of urea groups is 1. The number of nitrogens with one attached hydrogen (secondary N) is 3. The van der Waals surface area contributed by atoms with Crippen LogP contribution in [0.2, 0.25) is 0 Å². The average Bonchev–Trinajstić information content (AvgIpc) is 3.47. The second-order valence-corrected chi connectivity index (χ2v) is 8.71. The summed E-state index contributed by atoms with van der Waals surface area (Å²) in [5, 5.41) is 23.4. The van der Waals surface area contributed by atoms with Gasteiger partial charge in [-0.15, -0.1) is 0 Å². The van der Waals surface area contributed by atoms with Crippen LogP contribution in [0, 0.1) is 0 Å². The van der Waals surface area contributed by atoms with Crippen LogP contribution < -0.4 is 16.1 Å². The molecule has 11 heteroatoms. The molecule has 1 aromatic carbocycles. The van der Waals surface area contributed by atoms with E-state index in [1.54, 1.807) is 0 Å². The number of aromatic nitrogens is 3. The van der Waals surface area contributed by atoms with Crippen molar-refractivity contribution in [1.82, 2.24) is 25.9 Å². The van der Waals surface area contributed by atoms with Gasteiger partial charge in [-0.1, -0.05) is 22.6 Å². The molecule has 2 amide bonds. The number of hydrogen-bond acceptors (Lipinski definition) is 9. The molecule has 30 heavy (non-hydrogen) atoms. The number of anilines is 1. The molecule has 0 aliphatic carbocycles. The number of hydrogen-bond donors (Lipinski definition) is 4. The number of nitrogens with zero attached hydrogens (tertiary/aromatic N) is 4. The first-order valence-corrected chi connectivity index (χ1v) is 10.4. The predicted octanol–water partition coefficient (Wildman–Crippen LogP) is 1.99. The van der Waals surface area contributed by atoms with Crippen molar-refractivity contribution in [1.29, 1.82) is 0 Å². The van der Waals surface area contributed by atoms with Crippen LogP contribution in [-0.4, -0.2) is 52.2 Å². The maximum Gasteiger partial charge on any atom is 0.321 e. The summed E-state index contributed by atoms with van der Waals surface area (Å²) < 4.78 is 6.19. The van der Waals surface area contributed by atoms with Crippen LogP contribution in [0.15, 0.2) is 27.8 Å². The number of carbonyl (C=O) groups excluding carboxylic acids is 1. The molecule has 10 nitrogen and oxygen atoms in total. The number of carbonyl (C=O) groups is 1. The summed E-state index contributed by atoms with van der Waals surface area (Å²) in [6.45, 7) is 4.67. The molecule has 1 aliphatic heterocycles. The molecule has 2 aromatic heterocycles. The SMILES string of the molecule is CC(C)(CO)c1nc(CCNC(=O)Nc2nc3ccc(C4C=NNC4)cc3s2)no1. The lowest BCUT2D eigenvalue weighted by Crippen LogP contribution is -2.30. The van der Waals surface area contributed by atoms with Crippen molar-refractivity contribution >= 4 is 38.9 Å². The summed E-state index contributed by atoms with van der Waals surface area (Å²) in [5.74, 6) is 1.10. The van der Waals surface area contributed by atoms with E-state index in [2.05, 4.69) is 42.4 Å². The molecular formula is C19H23N7O3S. The van der Waals surface area contributed by atoms with E-state index in [4.69, 9.17) is 4.52 Å². The van der Waals surface area contributed by atoms with Crippen molar-refractivity contribution in [2.45, 2.75) is 31.6 Å². The van der Waals surface area contributed by atoms with E-state index >= 15 is 0 Å². The van der Waals surface area contributed by atoms with Gasteiger partial charge in [0.15, 0.2) is 11.0 Å². The Kier molecular flexibility index (Phi) is 5.64. The van der Waals surface area contributed by atoms with Crippen molar-refractivity contribution in [2.24, 2.45) is 5.10 Å². The normalized spacial score (nSPS) is 16.0. The molecular weight excluding hydrogens is 406 g/mol. The fourth-order valence-corrected chi connectivity index (χ4v) is 3.81. The van der Waals surface area contributed by atoms with Crippen LogP contribution in [0.25, 0.3) is 10.2 Å². The van der Waals surface area contributed by atoms with Crippen LogP contribution >= 0.6 is 11.3 Å². The van der Waals surface area contributed by atoms with E-state index in [1.165, 1.54) is 16.9 Å². The van der Waals surface area contributed by atoms with Crippen molar-refractivity contribution < 1.29 is 14.4 Å². The fraction of sp³-hybridized carbons (Fsp3) is 0.421. The lowest BCUT2D eigenvalue weighted by Gasteiger charge is -2.14. The highest BCUT2D eigenvalue weighted by atomic mass is 32.1. The lowest BCUT2D eigenvalue weighted by atomic mass is 9.95. The first-order valence-electron chi connectivity index (χ1n) is 9.60. The van der Waals surface area contributed by atoms with Gasteiger partial charge in [0, 0.05) is 31.6 Å². The largest absolute Gasteiger partial charge is 0.395 e. The Hall–Kier alpha value is -3.05. The van der Waals surface area contributed by atoms with Crippen molar-refractivity contribution in [3.05, 3.63) is 35.5 Å². The van der Waals surface area contributed by atoms with Gasteiger partial charge in [-0.25, -0.2) is 9.78 Å². The Bertz CT molecular complexity index is 1080. The van der Waals surface area contributed by atoms with E-state index < -0.39 is 5.41 Å². The average molecular weight is 430 g/mol. The number of hydrazone groups is 1. The second-order valence-electron chi connectivity index (χ2n) is 7.68. The minimum Gasteiger partial charge on any atom is -0.395 e. The highest BCUT2D eigenvalue weighted by molar-refractivity contribution is 7.22. The number of fused-ring (bicyclic) bond motifs is 1. The highest BCUT2D eigenvalue weighted by Gasteiger charge is 2.26. The van der Waals surface area contributed by atoms with E-state index in [1.807, 2.05) is 32.2 Å². The summed E-state index contributed by atoms with van der Waals surface area (Å²) in [4.78, 5) is 20.9. The zero-order valence-electron chi connectivity index (χ0n) is 16.7. The molecule has 0 bridgehead atoms. The maximum atomic E-state index is 12.2. The Morgan fingerprint density at radius 3 is 3.03 bits per heavy atom. The van der Waals surface area contributed by atoms with Gasteiger partial charge in [0.1, 0.15) is 0 Å². The number of rotatable bonds is 7. The quantitative estimate of drug-likeness (QED) is 0.451. The van der Waals surface area contributed by atoms with Crippen molar-refractivity contribution in [2.75, 3.05) is 25.0 Å². The van der Waals surface area contributed by atoms with Gasteiger partial charge in [0.2, 0.25) is 5.89 Å². The fourth-order valence-electron chi connectivity index (χ4n) is 2.90. The molecule has 3 heterocycles. The summed E-state index contributed by atoms with van der Waals surface area (Å²) >= 11 is 1.43. The summed E-state index contributed by atoms with van der Waals surface area (Å²) in [7, 11) is 0. The molecule has 1 atom stereocenters. The zero-order valence-corrected chi connectivity index (χ0v) is 17.5. The Morgan fingerprint density at radius 2 is 2.27 bits per heavy atom. The molecule has 4 rings (SSSR count). The van der Waals surface area contributed by atoms with E-state index in [9.17, 15) is 9.90 Å². The standard InChI is InChI=1S/C19H23N7O3S/c1-19(2,10-27)16-24-15(26-29-16)5-6-20-17(28)25-18-23-13-4-3-11(7-14(13)30-18)12-8-21-22-9-12/h3-4,7-8,12,22,27H,5-6,9-10H2,1-2H3,(H2,20,23,25,28). The van der Waals surface area contributed by atoms with E-state index in [0.29, 0.717) is 29.8 Å². The van der Waals surface area contributed by atoms with E-state index in [0.717, 1.165) is 16.8 Å². The molecule has 1 unspecified atom stereocenters. The number of benzene rings is 1. The smallest absolute Gasteiger partial charge is 0.321 e. The van der Waals surface area contributed by atoms with Crippen LogP contribution in [0.3, 0.4) is 0 Å². The number of aliphatic hydroxyl groups is 1. The Labute approximate surface area is 176 Å². The van der Waals surface area contributed by atoms with Crippen molar-refractivity contribution in [3.8, 4) is 0 Å². The summed E-state index contributed by atoms with van der Waals surface area (Å²) in [5.41, 5.74) is 4.37.